The fraction of sp³-hybridized carbons (Fsp3) is 0.317. The Balaban J connectivity index is 2.10. The first kappa shape index (κ1) is 38.9. The van der Waals surface area contributed by atoms with Crippen molar-refractivity contribution in [1.82, 2.24) is 0 Å². The summed E-state index contributed by atoms with van der Waals surface area (Å²) in [4.78, 5) is 35.1. The summed E-state index contributed by atoms with van der Waals surface area (Å²) in [7, 11) is 0. The van der Waals surface area contributed by atoms with E-state index in [0.29, 0.717) is 23.7 Å². The third-order valence-corrected chi connectivity index (χ3v) is 8.33. The Labute approximate surface area is 294 Å². The lowest BCUT2D eigenvalue weighted by Crippen LogP contribution is -2.28. The van der Waals surface area contributed by atoms with Crippen LogP contribution in [-0.4, -0.2) is 57.5 Å². The number of hydrogen-bond acceptors (Lipinski definition) is 9. The lowest BCUT2D eigenvalue weighted by molar-refractivity contribution is -0.139. The van der Waals surface area contributed by atoms with Gasteiger partial charge in [0, 0.05) is 45.2 Å². The second kappa shape index (κ2) is 18.9. The molecule has 9 heteroatoms. The van der Waals surface area contributed by atoms with Crippen LogP contribution in [0.2, 0.25) is 0 Å². The van der Waals surface area contributed by atoms with E-state index < -0.39 is 28.7 Å². The fourth-order valence-electron chi connectivity index (χ4n) is 5.56. The largest absolute Gasteiger partial charge is 0.490 e. The zero-order valence-electron chi connectivity index (χ0n) is 29.3. The molecule has 0 bridgehead atoms. The van der Waals surface area contributed by atoms with Crippen LogP contribution in [0.4, 0.5) is 0 Å². The van der Waals surface area contributed by atoms with Gasteiger partial charge in [-0.2, -0.15) is 0 Å². The summed E-state index contributed by atoms with van der Waals surface area (Å²) >= 11 is 0. The van der Waals surface area contributed by atoms with Crippen LogP contribution in [0.15, 0.2) is 110 Å². The molecule has 0 aliphatic rings. The minimum absolute atomic E-state index is 0.000307. The number of para-hydroxylation sites is 3. The van der Waals surface area contributed by atoms with E-state index in [2.05, 4.69) is 53.2 Å². The Morgan fingerprint density at radius 2 is 1.08 bits per heavy atom. The Hall–Kier alpha value is -5.53. The maximum atomic E-state index is 12.0. The van der Waals surface area contributed by atoms with Gasteiger partial charge in [-0.3, -0.25) is 0 Å². The van der Waals surface area contributed by atoms with Crippen molar-refractivity contribution in [3.05, 3.63) is 133 Å². The molecule has 3 aromatic carbocycles. The van der Waals surface area contributed by atoms with Crippen LogP contribution >= 0.6 is 0 Å². The molecule has 0 aromatic heterocycles. The smallest absolute Gasteiger partial charge is 0.338 e. The van der Waals surface area contributed by atoms with Crippen LogP contribution in [0.25, 0.3) is 0 Å². The van der Waals surface area contributed by atoms with Crippen LogP contribution in [0.5, 0.6) is 17.2 Å². The number of hydrogen-bond donors (Lipinski definition) is 0. The summed E-state index contributed by atoms with van der Waals surface area (Å²) in [6.07, 6.45) is 4.02. The van der Waals surface area contributed by atoms with Gasteiger partial charge >= 0.3 is 17.9 Å². The zero-order chi connectivity index (χ0) is 36.6. The number of rotatable bonds is 20. The minimum atomic E-state index is -0.665. The lowest BCUT2D eigenvalue weighted by Gasteiger charge is -2.36. The summed E-state index contributed by atoms with van der Waals surface area (Å²) < 4.78 is 34.4. The maximum Gasteiger partial charge on any atom is 0.338 e. The number of carbonyl (C=O) groups is 3. The van der Waals surface area contributed by atoms with Gasteiger partial charge in [-0.15, -0.1) is 5.73 Å². The van der Waals surface area contributed by atoms with Crippen molar-refractivity contribution in [3.8, 4) is 17.2 Å². The van der Waals surface area contributed by atoms with E-state index >= 15 is 0 Å². The molecule has 0 spiro atoms. The van der Waals surface area contributed by atoms with Crippen LogP contribution in [0, 0.1) is 0 Å². The van der Waals surface area contributed by atoms with Crippen molar-refractivity contribution in [1.29, 1.82) is 0 Å². The zero-order valence-corrected chi connectivity index (χ0v) is 29.3. The highest BCUT2D eigenvalue weighted by Gasteiger charge is 2.37. The molecule has 3 aromatic rings. The van der Waals surface area contributed by atoms with Crippen molar-refractivity contribution >= 4 is 17.9 Å². The average Bonchev–Trinajstić information content (AvgIpc) is 3.13. The highest BCUT2D eigenvalue weighted by Crippen LogP contribution is 2.49. The molecule has 0 saturated heterocycles. The second-order valence-corrected chi connectivity index (χ2v) is 11.8. The van der Waals surface area contributed by atoms with Gasteiger partial charge in [0.15, 0.2) is 0 Å². The quantitative estimate of drug-likeness (QED) is 0.0402. The topological polar surface area (TPSA) is 107 Å². The molecule has 50 heavy (non-hydrogen) atoms. The van der Waals surface area contributed by atoms with Crippen LogP contribution in [0.3, 0.4) is 0 Å². The van der Waals surface area contributed by atoms with Crippen molar-refractivity contribution in [2.24, 2.45) is 0 Å². The fourth-order valence-corrected chi connectivity index (χ4v) is 5.56. The lowest BCUT2D eigenvalue weighted by atomic mass is 9.70. The van der Waals surface area contributed by atoms with Crippen molar-refractivity contribution in [2.45, 2.75) is 44.9 Å². The van der Waals surface area contributed by atoms with Crippen molar-refractivity contribution in [2.75, 3.05) is 39.6 Å². The van der Waals surface area contributed by atoms with Crippen molar-refractivity contribution in [3.63, 3.8) is 0 Å². The van der Waals surface area contributed by atoms with Crippen molar-refractivity contribution < 1.29 is 42.8 Å². The van der Waals surface area contributed by atoms with Gasteiger partial charge in [0.25, 0.3) is 0 Å². The first-order valence-electron chi connectivity index (χ1n) is 16.4. The molecule has 9 nitrogen and oxygen atoms in total. The van der Waals surface area contributed by atoms with Crippen LogP contribution in [0.1, 0.15) is 56.4 Å². The predicted octanol–water partition coefficient (Wildman–Crippen LogP) is 7.21. The highest BCUT2D eigenvalue weighted by molar-refractivity contribution is 5.82. The van der Waals surface area contributed by atoms with Gasteiger partial charge in [-0.25, -0.2) is 14.4 Å². The summed E-state index contributed by atoms with van der Waals surface area (Å²) in [5.41, 5.74) is 4.70. The third kappa shape index (κ3) is 10.00. The molecule has 0 heterocycles. The van der Waals surface area contributed by atoms with Crippen LogP contribution < -0.4 is 14.2 Å². The Bertz CT molecular complexity index is 1700. The highest BCUT2D eigenvalue weighted by atomic mass is 16.6. The van der Waals surface area contributed by atoms with E-state index in [9.17, 15) is 14.4 Å². The third-order valence-electron chi connectivity index (χ3n) is 8.33. The number of carbonyl (C=O) groups excluding carboxylic acids is 3. The van der Waals surface area contributed by atoms with Gasteiger partial charge in [-0.05, 0) is 18.6 Å². The maximum absolute atomic E-state index is 12.0. The molecule has 0 aliphatic carbocycles. The summed E-state index contributed by atoms with van der Waals surface area (Å²) in [6.45, 7) is 19.2. The molecule has 0 fully saturated rings. The van der Waals surface area contributed by atoms with Gasteiger partial charge in [0.1, 0.15) is 56.9 Å². The normalized spacial score (nSPS) is 11.9. The van der Waals surface area contributed by atoms with Gasteiger partial charge < -0.3 is 28.4 Å². The SMILES string of the molecule is C=C=CC(=O)OCCOc1c(C(C)(C)c2ccccc2OCCOC(=O)C=C)cccc1C(C)(CC)c1ccccc1OCCOC(=O)C=C. The molecule has 0 radical (unpaired) electrons. The van der Waals surface area contributed by atoms with Gasteiger partial charge in [-0.1, -0.05) is 102 Å². The summed E-state index contributed by atoms with van der Waals surface area (Å²) in [5, 5.41) is 0. The Kier molecular flexibility index (Phi) is 14.7. The molecule has 3 rings (SSSR count). The number of benzene rings is 3. The van der Waals surface area contributed by atoms with Gasteiger partial charge in [0.05, 0.1) is 6.08 Å². The standard InChI is InChI=1S/C41H46O9/c1-8-17-38(44)49-28-29-50-39-32(40(5,6)30-18-12-14-22-34(30)45-24-26-47-36(42)9-2)20-16-21-33(39)41(7,11-4)31-19-13-15-23-35(31)46-25-27-48-37(43)10-3/h9-10,12-23H,1-3,11,24-29H2,4-7H3. The van der Waals surface area contributed by atoms with E-state index in [1.165, 1.54) is 0 Å². The van der Waals surface area contributed by atoms with Gasteiger partial charge in [0.2, 0.25) is 0 Å². The molecule has 1 atom stereocenters. The van der Waals surface area contributed by atoms with E-state index in [4.69, 9.17) is 28.4 Å². The van der Waals surface area contributed by atoms with E-state index in [1.807, 2.05) is 66.7 Å². The molecule has 0 N–H and O–H groups in total. The number of ether oxygens (including phenoxy) is 6. The minimum Gasteiger partial charge on any atom is -0.490 e. The molecule has 0 saturated carbocycles. The molecule has 0 aliphatic heterocycles. The molecular weight excluding hydrogens is 636 g/mol. The van der Waals surface area contributed by atoms with E-state index in [1.54, 1.807) is 0 Å². The monoisotopic (exact) mass is 682 g/mol. The molecule has 0 amide bonds. The Morgan fingerprint density at radius 3 is 1.62 bits per heavy atom. The summed E-state index contributed by atoms with van der Waals surface area (Å²) in [6, 6.07) is 21.5. The first-order valence-corrected chi connectivity index (χ1v) is 16.4. The van der Waals surface area contributed by atoms with E-state index in [0.717, 1.165) is 40.5 Å². The summed E-state index contributed by atoms with van der Waals surface area (Å²) in [5.74, 6) is 0.294. The first-order chi connectivity index (χ1) is 24.0. The number of esters is 3. The average molecular weight is 683 g/mol. The second-order valence-electron chi connectivity index (χ2n) is 11.8. The molecule has 264 valence electrons. The predicted molar refractivity (Wildman–Crippen MR) is 192 cm³/mol. The molecular formula is C41H46O9. The molecule has 1 unspecified atom stereocenters. The Morgan fingerprint density at radius 1 is 0.620 bits per heavy atom. The van der Waals surface area contributed by atoms with E-state index in [-0.39, 0.29) is 39.6 Å². The van der Waals surface area contributed by atoms with Crippen LogP contribution in [-0.2, 0) is 39.4 Å².